The zero-order chi connectivity index (χ0) is 18.3. The van der Waals surface area contributed by atoms with Crippen molar-refractivity contribution in [3.05, 3.63) is 47.8 Å². The molecule has 1 aromatic carbocycles. The summed E-state index contributed by atoms with van der Waals surface area (Å²) in [6, 6.07) is 5.59. The fourth-order valence-corrected chi connectivity index (χ4v) is 1.92. The van der Waals surface area contributed by atoms with E-state index in [1.807, 2.05) is 0 Å². The minimum absolute atomic E-state index is 0.101. The molecule has 134 valence electrons. The van der Waals surface area contributed by atoms with E-state index in [2.05, 4.69) is 20.6 Å². The van der Waals surface area contributed by atoms with Crippen molar-refractivity contribution < 1.29 is 22.7 Å². The van der Waals surface area contributed by atoms with Gasteiger partial charge in [-0.2, -0.15) is 13.2 Å². The van der Waals surface area contributed by atoms with E-state index >= 15 is 0 Å². The van der Waals surface area contributed by atoms with Gasteiger partial charge in [-0.15, -0.1) is 0 Å². The second-order valence-corrected chi connectivity index (χ2v) is 5.07. The van der Waals surface area contributed by atoms with Crippen molar-refractivity contribution in [2.24, 2.45) is 0 Å². The number of methoxy groups -OCH3 is 1. The molecule has 2 rings (SSSR count). The Hall–Kier alpha value is -2.68. The number of alkyl halides is 3. The van der Waals surface area contributed by atoms with Crippen LogP contribution in [0.2, 0.25) is 0 Å². The third kappa shape index (κ3) is 5.71. The average Bonchev–Trinajstić information content (AvgIpc) is 2.59. The third-order valence-corrected chi connectivity index (χ3v) is 3.17. The maximum absolute atomic E-state index is 12.5. The highest BCUT2D eigenvalue weighted by Gasteiger charge is 2.30. The van der Waals surface area contributed by atoms with E-state index in [1.54, 1.807) is 7.11 Å². The third-order valence-electron chi connectivity index (χ3n) is 3.17. The molecule has 0 saturated heterocycles. The first-order valence-electron chi connectivity index (χ1n) is 7.44. The minimum atomic E-state index is -4.42. The monoisotopic (exact) mass is 354 g/mol. The van der Waals surface area contributed by atoms with Crippen molar-refractivity contribution in [2.45, 2.75) is 12.6 Å². The van der Waals surface area contributed by atoms with E-state index in [-0.39, 0.29) is 17.3 Å². The highest BCUT2D eigenvalue weighted by Crippen LogP contribution is 2.29. The number of ether oxygens (including phenoxy) is 1. The van der Waals surface area contributed by atoms with Gasteiger partial charge in [0.15, 0.2) is 0 Å². The maximum Gasteiger partial charge on any atom is 0.416 e. The number of carbonyl (C=O) groups is 1. The van der Waals surface area contributed by atoms with Crippen LogP contribution in [0.25, 0.3) is 0 Å². The Bertz CT molecular complexity index is 705. The highest BCUT2D eigenvalue weighted by molar-refractivity contribution is 6.02. The summed E-state index contributed by atoms with van der Waals surface area (Å²) in [5.74, 6) is -0.252. The highest BCUT2D eigenvalue weighted by atomic mass is 19.4. The molecule has 1 amide bonds. The van der Waals surface area contributed by atoms with E-state index in [0.29, 0.717) is 13.2 Å². The molecule has 0 aliphatic carbocycles. The summed E-state index contributed by atoms with van der Waals surface area (Å²) in [5.41, 5.74) is -0.439. The Kier molecular flexibility index (Phi) is 6.29. The normalized spacial score (nSPS) is 11.2. The molecule has 0 saturated carbocycles. The van der Waals surface area contributed by atoms with Crippen molar-refractivity contribution in [1.29, 1.82) is 0 Å². The first-order chi connectivity index (χ1) is 11.9. The Balaban J connectivity index is 1.98. The van der Waals surface area contributed by atoms with E-state index < -0.39 is 17.6 Å². The fourth-order valence-electron chi connectivity index (χ4n) is 1.92. The van der Waals surface area contributed by atoms with E-state index in [0.717, 1.165) is 18.6 Å². The summed E-state index contributed by atoms with van der Waals surface area (Å²) in [6.07, 6.45) is -2.24. The van der Waals surface area contributed by atoms with Crippen LogP contribution in [0, 0.1) is 0 Å². The predicted octanol–water partition coefficient (Wildman–Crippen LogP) is 3.20. The SMILES string of the molecule is COCCCNc1nccc(C(=O)Nc2ccc(C(F)(F)F)cc2)n1. The van der Waals surface area contributed by atoms with Crippen LogP contribution in [0.15, 0.2) is 36.5 Å². The maximum atomic E-state index is 12.5. The van der Waals surface area contributed by atoms with E-state index in [9.17, 15) is 18.0 Å². The molecule has 0 atom stereocenters. The summed E-state index contributed by atoms with van der Waals surface area (Å²) >= 11 is 0. The number of nitrogens with one attached hydrogen (secondary N) is 2. The number of benzene rings is 1. The Morgan fingerprint density at radius 2 is 1.92 bits per heavy atom. The van der Waals surface area contributed by atoms with Gasteiger partial charge in [-0.1, -0.05) is 0 Å². The number of amides is 1. The molecule has 1 heterocycles. The minimum Gasteiger partial charge on any atom is -0.385 e. The molecule has 0 aliphatic heterocycles. The second-order valence-electron chi connectivity index (χ2n) is 5.07. The van der Waals surface area contributed by atoms with Crippen molar-refractivity contribution in [1.82, 2.24) is 9.97 Å². The number of aromatic nitrogens is 2. The molecule has 9 heteroatoms. The number of rotatable bonds is 7. The van der Waals surface area contributed by atoms with Crippen LogP contribution < -0.4 is 10.6 Å². The molecule has 2 aromatic rings. The summed E-state index contributed by atoms with van der Waals surface area (Å²) in [4.78, 5) is 20.2. The number of halogens is 3. The fraction of sp³-hybridized carbons (Fsp3) is 0.312. The molecule has 0 radical (unpaired) electrons. The Morgan fingerprint density at radius 3 is 2.56 bits per heavy atom. The molecule has 0 fully saturated rings. The molecule has 0 bridgehead atoms. The van der Waals surface area contributed by atoms with Crippen LogP contribution >= 0.6 is 0 Å². The first-order valence-corrected chi connectivity index (χ1v) is 7.44. The van der Waals surface area contributed by atoms with Gasteiger partial charge in [0.1, 0.15) is 5.69 Å². The lowest BCUT2D eigenvalue weighted by atomic mass is 10.2. The zero-order valence-electron chi connectivity index (χ0n) is 13.4. The molecule has 25 heavy (non-hydrogen) atoms. The van der Waals surface area contributed by atoms with Crippen LogP contribution in [0.1, 0.15) is 22.5 Å². The van der Waals surface area contributed by atoms with Crippen LogP contribution in [0.5, 0.6) is 0 Å². The van der Waals surface area contributed by atoms with Crippen LogP contribution in [0.4, 0.5) is 24.8 Å². The zero-order valence-corrected chi connectivity index (χ0v) is 13.4. The van der Waals surface area contributed by atoms with E-state index in [4.69, 9.17) is 4.74 Å². The Labute approximate surface area is 142 Å². The average molecular weight is 354 g/mol. The van der Waals surface area contributed by atoms with Gasteiger partial charge in [-0.05, 0) is 36.8 Å². The molecule has 0 aliphatic rings. The summed E-state index contributed by atoms with van der Waals surface area (Å²) in [6.45, 7) is 1.17. The Morgan fingerprint density at radius 1 is 1.20 bits per heavy atom. The topological polar surface area (TPSA) is 76.1 Å². The standard InChI is InChI=1S/C16H17F3N4O2/c1-25-10-2-8-20-15-21-9-7-13(23-15)14(24)22-12-5-3-11(4-6-12)16(17,18)19/h3-7,9H,2,8,10H2,1H3,(H,22,24)(H,20,21,23). The number of hydrogen-bond donors (Lipinski definition) is 2. The molecule has 0 spiro atoms. The number of nitrogens with zero attached hydrogens (tertiary/aromatic N) is 2. The summed E-state index contributed by atoms with van der Waals surface area (Å²) in [5, 5.41) is 5.45. The van der Waals surface area contributed by atoms with Crippen LogP contribution in [-0.4, -0.2) is 36.1 Å². The van der Waals surface area contributed by atoms with Crippen LogP contribution in [0.3, 0.4) is 0 Å². The van der Waals surface area contributed by atoms with Gasteiger partial charge in [0.2, 0.25) is 5.95 Å². The number of carbonyl (C=O) groups excluding carboxylic acids is 1. The molecule has 1 aromatic heterocycles. The summed E-state index contributed by atoms with van der Waals surface area (Å²) in [7, 11) is 1.60. The van der Waals surface area contributed by atoms with Gasteiger partial charge < -0.3 is 15.4 Å². The lowest BCUT2D eigenvalue weighted by molar-refractivity contribution is -0.137. The van der Waals surface area contributed by atoms with Crippen molar-refractivity contribution >= 4 is 17.5 Å². The van der Waals surface area contributed by atoms with E-state index in [1.165, 1.54) is 24.4 Å². The van der Waals surface area contributed by atoms with Gasteiger partial charge >= 0.3 is 6.18 Å². The summed E-state index contributed by atoms with van der Waals surface area (Å²) < 4.78 is 42.5. The largest absolute Gasteiger partial charge is 0.416 e. The van der Waals surface area contributed by atoms with Gasteiger partial charge in [-0.25, -0.2) is 9.97 Å². The predicted molar refractivity (Wildman–Crippen MR) is 86.4 cm³/mol. The quantitative estimate of drug-likeness (QED) is 0.747. The lowest BCUT2D eigenvalue weighted by Crippen LogP contribution is -2.16. The van der Waals surface area contributed by atoms with Crippen molar-refractivity contribution in [2.75, 3.05) is 30.9 Å². The number of anilines is 2. The van der Waals surface area contributed by atoms with Gasteiger partial charge in [0.05, 0.1) is 5.56 Å². The smallest absolute Gasteiger partial charge is 0.385 e. The van der Waals surface area contributed by atoms with Gasteiger partial charge in [0.25, 0.3) is 5.91 Å². The van der Waals surface area contributed by atoms with Crippen molar-refractivity contribution in [3.8, 4) is 0 Å². The second kappa shape index (κ2) is 8.43. The van der Waals surface area contributed by atoms with Gasteiger partial charge in [0, 0.05) is 32.1 Å². The molecule has 6 nitrogen and oxygen atoms in total. The van der Waals surface area contributed by atoms with Crippen LogP contribution in [-0.2, 0) is 10.9 Å². The molecular formula is C16H17F3N4O2. The molecule has 2 N–H and O–H groups in total. The molecular weight excluding hydrogens is 337 g/mol. The van der Waals surface area contributed by atoms with Crippen molar-refractivity contribution in [3.63, 3.8) is 0 Å². The lowest BCUT2D eigenvalue weighted by Gasteiger charge is -2.09. The van der Waals surface area contributed by atoms with Gasteiger partial charge in [-0.3, -0.25) is 4.79 Å². The first kappa shape index (κ1) is 18.7. The number of hydrogen-bond acceptors (Lipinski definition) is 5. The molecule has 0 unspecified atom stereocenters.